The van der Waals surface area contributed by atoms with E-state index in [-0.39, 0.29) is 30.2 Å². The summed E-state index contributed by atoms with van der Waals surface area (Å²) in [7, 11) is 1.33. The summed E-state index contributed by atoms with van der Waals surface area (Å²) in [6.45, 7) is 0. The van der Waals surface area contributed by atoms with Gasteiger partial charge in [-0.2, -0.15) is 0 Å². The maximum absolute atomic E-state index is 13.2. The summed E-state index contributed by atoms with van der Waals surface area (Å²) in [4.78, 5) is 42.2. The lowest BCUT2D eigenvalue weighted by atomic mass is 9.88. The third kappa shape index (κ3) is 5.11. The van der Waals surface area contributed by atoms with Crippen LogP contribution in [0.5, 0.6) is 11.5 Å². The molecule has 0 spiro atoms. The van der Waals surface area contributed by atoms with Gasteiger partial charge in [0.05, 0.1) is 23.6 Å². The van der Waals surface area contributed by atoms with Gasteiger partial charge in [0.1, 0.15) is 17.3 Å². The van der Waals surface area contributed by atoms with Crippen molar-refractivity contribution in [1.29, 1.82) is 0 Å². The zero-order valence-electron chi connectivity index (χ0n) is 20.2. The molecule has 5 rings (SSSR count). The second kappa shape index (κ2) is 9.93. The number of hydrogen-bond acceptors (Lipinski definition) is 6. The molecule has 0 unspecified atom stereocenters. The second-order valence-corrected chi connectivity index (χ2v) is 9.19. The zero-order chi connectivity index (χ0) is 26.0. The third-order valence-corrected chi connectivity index (χ3v) is 6.73. The van der Waals surface area contributed by atoms with Gasteiger partial charge in [0.15, 0.2) is 11.6 Å². The molecule has 1 saturated carbocycles. The summed E-state index contributed by atoms with van der Waals surface area (Å²) < 4.78 is 24.0. The number of fused-ring (bicyclic) bond motifs is 1. The van der Waals surface area contributed by atoms with Crippen molar-refractivity contribution < 1.29 is 28.2 Å². The summed E-state index contributed by atoms with van der Waals surface area (Å²) in [5.41, 5.74) is 1.62. The highest BCUT2D eigenvalue weighted by Crippen LogP contribution is 2.48. The van der Waals surface area contributed by atoms with Crippen LogP contribution in [0, 0.1) is 11.2 Å². The van der Waals surface area contributed by atoms with Gasteiger partial charge < -0.3 is 9.47 Å². The molecule has 0 aliphatic heterocycles. The summed E-state index contributed by atoms with van der Waals surface area (Å²) >= 11 is 0. The summed E-state index contributed by atoms with van der Waals surface area (Å²) in [5, 5.41) is 0.667. The van der Waals surface area contributed by atoms with Gasteiger partial charge in [-0.15, -0.1) is 0 Å². The van der Waals surface area contributed by atoms with Gasteiger partial charge in [0.25, 0.3) is 0 Å². The van der Waals surface area contributed by atoms with Crippen LogP contribution in [-0.2, 0) is 27.2 Å². The minimum absolute atomic E-state index is 0.0938. The highest BCUT2D eigenvalue weighted by atomic mass is 19.1. The van der Waals surface area contributed by atoms with E-state index in [1.54, 1.807) is 66.9 Å². The molecule has 0 N–H and O–H groups in total. The molecule has 0 atom stereocenters. The fourth-order valence-electron chi connectivity index (χ4n) is 4.41. The molecular formula is C30H24FNO5. The Kier molecular flexibility index (Phi) is 6.53. The van der Waals surface area contributed by atoms with Crippen LogP contribution in [0.3, 0.4) is 0 Å². The number of nitrogens with zero attached hydrogens (tertiary/aromatic N) is 1. The van der Waals surface area contributed by atoms with E-state index in [4.69, 9.17) is 9.47 Å². The van der Waals surface area contributed by atoms with Crippen LogP contribution >= 0.6 is 0 Å². The molecule has 1 aliphatic carbocycles. The van der Waals surface area contributed by atoms with Crippen LogP contribution in [0.1, 0.15) is 34.3 Å². The van der Waals surface area contributed by atoms with Gasteiger partial charge in [-0.05, 0) is 72.5 Å². The Morgan fingerprint density at radius 1 is 0.865 bits per heavy atom. The molecule has 4 aromatic rings. The minimum atomic E-state index is -0.934. The Bertz CT molecular complexity index is 1490. The van der Waals surface area contributed by atoms with Crippen LogP contribution in [0.25, 0.3) is 10.9 Å². The Labute approximate surface area is 213 Å². The minimum Gasteiger partial charge on any atom is -0.465 e. The lowest BCUT2D eigenvalue weighted by Crippen LogP contribution is -2.28. The highest BCUT2D eigenvalue weighted by Gasteiger charge is 2.54. The van der Waals surface area contributed by atoms with Gasteiger partial charge in [0.2, 0.25) is 0 Å². The van der Waals surface area contributed by atoms with Crippen LogP contribution in [0.4, 0.5) is 4.39 Å². The van der Waals surface area contributed by atoms with E-state index in [2.05, 4.69) is 4.98 Å². The number of ketones is 2. The first kappa shape index (κ1) is 24.3. The van der Waals surface area contributed by atoms with Crippen LogP contribution in [0.2, 0.25) is 0 Å². The fraction of sp³-hybridized carbons (Fsp3) is 0.200. The average molecular weight is 498 g/mol. The quantitative estimate of drug-likeness (QED) is 0.219. The van der Waals surface area contributed by atoms with Gasteiger partial charge in [-0.25, -0.2) is 9.18 Å². The topological polar surface area (TPSA) is 82.6 Å². The Morgan fingerprint density at radius 2 is 1.49 bits per heavy atom. The molecule has 0 amide bonds. The maximum atomic E-state index is 13.2. The number of esters is 1. The predicted octanol–water partition coefficient (Wildman–Crippen LogP) is 5.66. The smallest absolute Gasteiger partial charge is 0.337 e. The van der Waals surface area contributed by atoms with E-state index < -0.39 is 11.4 Å². The summed E-state index contributed by atoms with van der Waals surface area (Å²) in [6.07, 6.45) is 3.00. The molecular weight excluding hydrogens is 473 g/mol. The van der Waals surface area contributed by atoms with Crippen molar-refractivity contribution in [1.82, 2.24) is 4.98 Å². The van der Waals surface area contributed by atoms with Crippen LogP contribution < -0.4 is 4.74 Å². The van der Waals surface area contributed by atoms with Crippen molar-refractivity contribution in [2.45, 2.75) is 25.7 Å². The number of Topliss-reactive ketones (excluding diaryl/α,β-unsaturated/α-hetero) is 2. The lowest BCUT2D eigenvalue weighted by Gasteiger charge is -2.14. The van der Waals surface area contributed by atoms with Crippen molar-refractivity contribution in [2.24, 2.45) is 5.41 Å². The molecule has 186 valence electrons. The number of ether oxygens (including phenoxy) is 2. The molecule has 3 aromatic carbocycles. The monoisotopic (exact) mass is 497 g/mol. The first-order chi connectivity index (χ1) is 17.9. The van der Waals surface area contributed by atoms with E-state index >= 15 is 0 Å². The van der Waals surface area contributed by atoms with E-state index in [1.807, 2.05) is 0 Å². The summed E-state index contributed by atoms with van der Waals surface area (Å²) in [5.74, 6) is 0.0755. The number of hydrogen-bond donors (Lipinski definition) is 0. The predicted molar refractivity (Wildman–Crippen MR) is 135 cm³/mol. The van der Waals surface area contributed by atoms with Crippen LogP contribution in [0.15, 0.2) is 79.0 Å². The highest BCUT2D eigenvalue weighted by molar-refractivity contribution is 6.11. The maximum Gasteiger partial charge on any atom is 0.337 e. The van der Waals surface area contributed by atoms with Gasteiger partial charge in [-0.3, -0.25) is 14.6 Å². The fourth-order valence-corrected chi connectivity index (χ4v) is 4.41. The molecule has 6 nitrogen and oxygen atoms in total. The normalized spacial score (nSPS) is 13.7. The van der Waals surface area contributed by atoms with Gasteiger partial charge >= 0.3 is 5.97 Å². The Morgan fingerprint density at radius 3 is 2.08 bits per heavy atom. The average Bonchev–Trinajstić information content (AvgIpc) is 3.73. The number of rotatable bonds is 9. The van der Waals surface area contributed by atoms with E-state index in [0.717, 1.165) is 5.56 Å². The molecule has 1 heterocycles. The van der Waals surface area contributed by atoms with Gasteiger partial charge in [0, 0.05) is 24.4 Å². The molecule has 1 fully saturated rings. The molecule has 7 heteroatoms. The number of halogens is 1. The second-order valence-electron chi connectivity index (χ2n) is 9.19. The largest absolute Gasteiger partial charge is 0.465 e. The third-order valence-electron chi connectivity index (χ3n) is 6.73. The molecule has 0 saturated heterocycles. The molecule has 1 aromatic heterocycles. The number of pyridine rings is 1. The van der Waals surface area contributed by atoms with Gasteiger partial charge in [-0.1, -0.05) is 24.3 Å². The van der Waals surface area contributed by atoms with Crippen molar-refractivity contribution >= 4 is 28.4 Å². The SMILES string of the molecule is COC(=O)c1ccc2nccc(Oc3ccc(CC(=O)C4(C(=O)Cc5ccc(F)cc5)CC4)cc3)c2c1. The lowest BCUT2D eigenvalue weighted by molar-refractivity contribution is -0.133. The zero-order valence-corrected chi connectivity index (χ0v) is 20.2. The first-order valence-electron chi connectivity index (χ1n) is 11.9. The number of carbonyl (C=O) groups excluding carboxylic acids is 3. The molecule has 0 bridgehead atoms. The van der Waals surface area contributed by atoms with Crippen molar-refractivity contribution in [3.8, 4) is 11.5 Å². The summed E-state index contributed by atoms with van der Waals surface area (Å²) in [6, 6.07) is 19.7. The number of methoxy groups -OCH3 is 1. The van der Waals surface area contributed by atoms with Crippen molar-refractivity contribution in [2.75, 3.05) is 7.11 Å². The standard InChI is InChI=1S/C30H24FNO5/c1-36-29(35)21-6-11-25-24(18-21)26(12-15-32-25)37-23-9-4-20(5-10-23)17-28(34)30(13-14-30)27(33)16-19-2-7-22(31)8-3-19/h2-12,15,18H,13-14,16-17H2,1H3. The number of benzene rings is 3. The van der Waals surface area contributed by atoms with E-state index in [0.29, 0.717) is 46.4 Å². The van der Waals surface area contributed by atoms with E-state index in [9.17, 15) is 18.8 Å². The van der Waals surface area contributed by atoms with Crippen molar-refractivity contribution in [3.63, 3.8) is 0 Å². The number of carbonyl (C=O) groups is 3. The Hall–Kier alpha value is -4.39. The van der Waals surface area contributed by atoms with Crippen molar-refractivity contribution in [3.05, 3.63) is 102 Å². The van der Waals surface area contributed by atoms with Crippen LogP contribution in [-0.4, -0.2) is 29.6 Å². The molecule has 0 radical (unpaired) electrons. The van der Waals surface area contributed by atoms with E-state index in [1.165, 1.54) is 19.2 Å². The Balaban J connectivity index is 1.27. The molecule has 37 heavy (non-hydrogen) atoms. The first-order valence-corrected chi connectivity index (χ1v) is 11.9. The number of aromatic nitrogens is 1. The molecule has 1 aliphatic rings.